The van der Waals surface area contributed by atoms with Crippen LogP contribution < -0.4 is 4.74 Å². The molecular formula is C17H22N2O2. The lowest BCUT2D eigenvalue weighted by Crippen LogP contribution is -2.14. The summed E-state index contributed by atoms with van der Waals surface area (Å²) < 4.78 is 7.40. The van der Waals surface area contributed by atoms with Gasteiger partial charge >= 0.3 is 0 Å². The van der Waals surface area contributed by atoms with Gasteiger partial charge in [0.1, 0.15) is 11.6 Å². The van der Waals surface area contributed by atoms with Crippen molar-refractivity contribution in [3.63, 3.8) is 0 Å². The van der Waals surface area contributed by atoms with Crippen molar-refractivity contribution in [3.8, 4) is 5.75 Å². The van der Waals surface area contributed by atoms with Gasteiger partial charge in [0, 0.05) is 5.69 Å². The van der Waals surface area contributed by atoms with Crippen molar-refractivity contribution in [2.24, 2.45) is 0 Å². The van der Waals surface area contributed by atoms with E-state index in [-0.39, 0.29) is 0 Å². The first-order valence-corrected chi connectivity index (χ1v) is 7.56. The predicted octanol–water partition coefficient (Wildman–Crippen LogP) is 2.81. The lowest BCUT2D eigenvalue weighted by atomic mass is 10.0. The summed E-state index contributed by atoms with van der Waals surface area (Å²) in [5, 5.41) is 10.5. The molecule has 3 rings (SSSR count). The van der Waals surface area contributed by atoms with Gasteiger partial charge in [-0.05, 0) is 50.3 Å². The van der Waals surface area contributed by atoms with Gasteiger partial charge in [-0.3, -0.25) is 0 Å². The first-order valence-electron chi connectivity index (χ1n) is 7.56. The Kier molecular flexibility index (Phi) is 3.97. The third-order valence-electron chi connectivity index (χ3n) is 4.26. The molecule has 1 aliphatic rings. The normalized spacial score (nSPS) is 15.6. The van der Waals surface area contributed by atoms with Gasteiger partial charge < -0.3 is 14.4 Å². The van der Waals surface area contributed by atoms with Gasteiger partial charge in [0.15, 0.2) is 0 Å². The molecule has 0 radical (unpaired) electrons. The zero-order chi connectivity index (χ0) is 14.8. The molecule has 21 heavy (non-hydrogen) atoms. The summed E-state index contributed by atoms with van der Waals surface area (Å²) in [5.41, 5.74) is 3.41. The molecule has 0 amide bonds. The van der Waals surface area contributed by atoms with Crippen molar-refractivity contribution >= 4 is 0 Å². The summed E-state index contributed by atoms with van der Waals surface area (Å²) in [5.74, 6) is 1.78. The summed E-state index contributed by atoms with van der Waals surface area (Å²) in [6.07, 6.45) is 4.04. The molecule has 0 aliphatic heterocycles. The molecule has 0 bridgehead atoms. The van der Waals surface area contributed by atoms with Crippen LogP contribution in [0.3, 0.4) is 0 Å². The highest BCUT2D eigenvalue weighted by molar-refractivity contribution is 5.30. The number of methoxy groups -OCH3 is 1. The van der Waals surface area contributed by atoms with Crippen molar-refractivity contribution in [1.29, 1.82) is 0 Å². The molecule has 112 valence electrons. The zero-order valence-electron chi connectivity index (χ0n) is 12.7. The second-order valence-electron chi connectivity index (χ2n) is 5.66. The molecule has 1 aromatic carbocycles. The maximum atomic E-state index is 10.5. The number of aryl methyl sites for hydroxylation is 2. The summed E-state index contributed by atoms with van der Waals surface area (Å²) in [6, 6.07) is 7.63. The molecule has 1 aromatic heterocycles. The molecule has 0 fully saturated rings. The fraction of sp³-hybridized carbons (Fsp3) is 0.471. The number of benzene rings is 1. The molecular weight excluding hydrogens is 264 g/mol. The van der Waals surface area contributed by atoms with Crippen molar-refractivity contribution in [1.82, 2.24) is 9.55 Å². The van der Waals surface area contributed by atoms with Gasteiger partial charge in [0.25, 0.3) is 0 Å². The lowest BCUT2D eigenvalue weighted by Gasteiger charge is -2.18. The Bertz CT molecular complexity index is 634. The largest absolute Gasteiger partial charge is 0.497 e. The van der Waals surface area contributed by atoms with Crippen molar-refractivity contribution in [3.05, 3.63) is 47.0 Å². The third kappa shape index (κ3) is 2.81. The minimum Gasteiger partial charge on any atom is -0.497 e. The van der Waals surface area contributed by atoms with Crippen LogP contribution in [0.15, 0.2) is 24.3 Å². The number of hydrogen-bond acceptors (Lipinski definition) is 3. The van der Waals surface area contributed by atoms with Gasteiger partial charge in [-0.1, -0.05) is 12.1 Å². The Morgan fingerprint density at radius 3 is 2.95 bits per heavy atom. The molecule has 4 heteroatoms. The molecule has 0 saturated heterocycles. The van der Waals surface area contributed by atoms with E-state index in [1.54, 1.807) is 7.11 Å². The van der Waals surface area contributed by atoms with Crippen LogP contribution in [0.1, 0.15) is 41.7 Å². The number of aliphatic hydroxyl groups excluding tert-OH is 1. The van der Waals surface area contributed by atoms with Gasteiger partial charge in [-0.15, -0.1) is 0 Å². The zero-order valence-corrected chi connectivity index (χ0v) is 12.7. The maximum absolute atomic E-state index is 10.5. The molecule has 0 saturated carbocycles. The van der Waals surface area contributed by atoms with E-state index < -0.39 is 6.10 Å². The van der Waals surface area contributed by atoms with Crippen LogP contribution in [0.25, 0.3) is 0 Å². The number of aromatic nitrogens is 2. The summed E-state index contributed by atoms with van der Waals surface area (Å²) in [7, 11) is 1.64. The van der Waals surface area contributed by atoms with E-state index in [0.717, 1.165) is 30.0 Å². The van der Waals surface area contributed by atoms with Gasteiger partial charge in [0.05, 0.1) is 25.5 Å². The van der Waals surface area contributed by atoms with E-state index >= 15 is 0 Å². The summed E-state index contributed by atoms with van der Waals surface area (Å²) in [4.78, 5) is 4.66. The first kappa shape index (κ1) is 14.1. The number of rotatable bonds is 4. The molecule has 1 N–H and O–H groups in total. The number of nitrogens with zero attached hydrogens (tertiary/aromatic N) is 2. The fourth-order valence-electron chi connectivity index (χ4n) is 3.11. The quantitative estimate of drug-likeness (QED) is 0.940. The van der Waals surface area contributed by atoms with Crippen molar-refractivity contribution < 1.29 is 9.84 Å². The SMILES string of the molecule is COc1cccc(C(O)Cn2c(C)nc3c2CCCC3)c1. The van der Waals surface area contributed by atoms with E-state index in [2.05, 4.69) is 9.55 Å². The maximum Gasteiger partial charge on any atom is 0.119 e. The van der Waals surface area contributed by atoms with Crippen LogP contribution >= 0.6 is 0 Å². The first-order chi connectivity index (χ1) is 10.2. The van der Waals surface area contributed by atoms with E-state index in [4.69, 9.17) is 4.74 Å². The van der Waals surface area contributed by atoms with Crippen molar-refractivity contribution in [2.75, 3.05) is 7.11 Å². The molecule has 1 unspecified atom stereocenters. The Balaban J connectivity index is 1.84. The second-order valence-corrected chi connectivity index (χ2v) is 5.66. The van der Waals surface area contributed by atoms with E-state index in [9.17, 15) is 5.11 Å². The lowest BCUT2D eigenvalue weighted by molar-refractivity contribution is 0.154. The van der Waals surface area contributed by atoms with Crippen LogP contribution in [0.5, 0.6) is 5.75 Å². The summed E-state index contributed by atoms with van der Waals surface area (Å²) in [6.45, 7) is 2.58. The average Bonchev–Trinajstić information content (AvgIpc) is 2.83. The number of aliphatic hydroxyl groups is 1. The minimum atomic E-state index is -0.543. The van der Waals surface area contributed by atoms with Crippen LogP contribution in [0.2, 0.25) is 0 Å². The highest BCUT2D eigenvalue weighted by atomic mass is 16.5. The fourth-order valence-corrected chi connectivity index (χ4v) is 3.11. The topological polar surface area (TPSA) is 47.3 Å². The highest BCUT2D eigenvalue weighted by Gasteiger charge is 2.20. The van der Waals surface area contributed by atoms with Crippen LogP contribution in [0, 0.1) is 6.92 Å². The number of hydrogen-bond donors (Lipinski definition) is 1. The molecule has 4 nitrogen and oxygen atoms in total. The molecule has 1 atom stereocenters. The molecule has 1 heterocycles. The van der Waals surface area contributed by atoms with Gasteiger partial charge in [0.2, 0.25) is 0 Å². The average molecular weight is 286 g/mol. The predicted molar refractivity (Wildman–Crippen MR) is 81.6 cm³/mol. The molecule has 0 spiro atoms. The highest BCUT2D eigenvalue weighted by Crippen LogP contribution is 2.26. The molecule has 1 aliphatic carbocycles. The van der Waals surface area contributed by atoms with Crippen molar-refractivity contribution in [2.45, 2.75) is 45.3 Å². The van der Waals surface area contributed by atoms with E-state index in [1.807, 2.05) is 31.2 Å². The second kappa shape index (κ2) is 5.90. The van der Waals surface area contributed by atoms with E-state index in [1.165, 1.54) is 24.2 Å². The van der Waals surface area contributed by atoms with Crippen LogP contribution in [0.4, 0.5) is 0 Å². The Morgan fingerprint density at radius 2 is 2.14 bits per heavy atom. The number of fused-ring (bicyclic) bond motifs is 1. The van der Waals surface area contributed by atoms with Crippen LogP contribution in [-0.2, 0) is 19.4 Å². The number of ether oxygens (including phenoxy) is 1. The Morgan fingerprint density at radius 1 is 1.33 bits per heavy atom. The molecule has 2 aromatic rings. The van der Waals surface area contributed by atoms with Gasteiger partial charge in [-0.2, -0.15) is 0 Å². The standard InChI is InChI=1S/C17H22N2O2/c1-12-18-15-8-3-4-9-16(15)19(12)11-17(20)13-6-5-7-14(10-13)21-2/h5-7,10,17,20H,3-4,8-9,11H2,1-2H3. The monoisotopic (exact) mass is 286 g/mol. The Hall–Kier alpha value is -1.81. The van der Waals surface area contributed by atoms with Gasteiger partial charge in [-0.25, -0.2) is 4.98 Å². The van der Waals surface area contributed by atoms with E-state index in [0.29, 0.717) is 6.54 Å². The minimum absolute atomic E-state index is 0.543. The summed E-state index contributed by atoms with van der Waals surface area (Å²) >= 11 is 0. The Labute approximate surface area is 125 Å². The number of imidazole rings is 1. The smallest absolute Gasteiger partial charge is 0.119 e. The van der Waals surface area contributed by atoms with Crippen LogP contribution in [-0.4, -0.2) is 21.8 Å². The third-order valence-corrected chi connectivity index (χ3v) is 4.26.